The molecule has 0 atom stereocenters. The molecule has 0 saturated carbocycles. The highest BCUT2D eigenvalue weighted by molar-refractivity contribution is 4.75. The van der Waals surface area contributed by atoms with Gasteiger partial charge in [0.1, 0.15) is 0 Å². The molecule has 0 amide bonds. The maximum atomic E-state index is 5.51. The monoisotopic (exact) mass is 228 g/mol. The average Bonchev–Trinajstić information content (AvgIpc) is 2.25. The van der Waals surface area contributed by atoms with Crippen LogP contribution in [0.5, 0.6) is 0 Å². The van der Waals surface area contributed by atoms with Crippen LogP contribution < -0.4 is 5.32 Å². The van der Waals surface area contributed by atoms with Gasteiger partial charge < -0.3 is 15.0 Å². The van der Waals surface area contributed by atoms with Gasteiger partial charge in [0.25, 0.3) is 0 Å². The lowest BCUT2D eigenvalue weighted by Gasteiger charge is -2.29. The first-order chi connectivity index (χ1) is 7.68. The highest BCUT2D eigenvalue weighted by Crippen LogP contribution is 2.08. The van der Waals surface area contributed by atoms with E-state index in [2.05, 4.69) is 31.1 Å². The minimum atomic E-state index is 0.377. The zero-order chi connectivity index (χ0) is 11.8. The Hall–Kier alpha value is -0.120. The Morgan fingerprint density at radius 2 is 1.94 bits per heavy atom. The Kier molecular flexibility index (Phi) is 7.01. The topological polar surface area (TPSA) is 24.5 Å². The van der Waals surface area contributed by atoms with Crippen molar-refractivity contribution in [2.24, 2.45) is 0 Å². The molecule has 1 heterocycles. The standard InChI is InChI=1S/C13H28N2O/c1-12(2)16-11-5-4-8-14-13-6-9-15(3)10-7-13/h12-14H,4-11H2,1-3H3. The van der Waals surface area contributed by atoms with Crippen LogP contribution in [-0.2, 0) is 4.74 Å². The lowest BCUT2D eigenvalue weighted by Crippen LogP contribution is -2.41. The molecule has 0 unspecified atom stereocenters. The van der Waals surface area contributed by atoms with Crippen molar-refractivity contribution >= 4 is 0 Å². The molecule has 1 aliphatic heterocycles. The molecule has 1 N–H and O–H groups in total. The number of hydrogen-bond acceptors (Lipinski definition) is 3. The molecule has 16 heavy (non-hydrogen) atoms. The number of hydrogen-bond donors (Lipinski definition) is 1. The maximum Gasteiger partial charge on any atom is 0.0518 e. The second-order valence-corrected chi connectivity index (χ2v) is 5.16. The molecule has 3 nitrogen and oxygen atoms in total. The van der Waals surface area contributed by atoms with Crippen LogP contribution in [0.1, 0.15) is 39.5 Å². The van der Waals surface area contributed by atoms with Crippen LogP contribution in [0.3, 0.4) is 0 Å². The van der Waals surface area contributed by atoms with Crippen molar-refractivity contribution in [2.75, 3.05) is 33.3 Å². The van der Waals surface area contributed by atoms with E-state index >= 15 is 0 Å². The minimum absolute atomic E-state index is 0.377. The van der Waals surface area contributed by atoms with E-state index in [0.29, 0.717) is 6.10 Å². The summed E-state index contributed by atoms with van der Waals surface area (Å²) >= 11 is 0. The molecule has 0 spiro atoms. The van der Waals surface area contributed by atoms with Crippen molar-refractivity contribution in [2.45, 2.75) is 51.7 Å². The predicted molar refractivity (Wildman–Crippen MR) is 68.8 cm³/mol. The summed E-state index contributed by atoms with van der Waals surface area (Å²) in [5.74, 6) is 0. The highest BCUT2D eigenvalue weighted by atomic mass is 16.5. The summed E-state index contributed by atoms with van der Waals surface area (Å²) < 4.78 is 5.51. The van der Waals surface area contributed by atoms with E-state index in [1.807, 2.05) is 0 Å². The highest BCUT2D eigenvalue weighted by Gasteiger charge is 2.15. The zero-order valence-electron chi connectivity index (χ0n) is 11.2. The second kappa shape index (κ2) is 8.04. The van der Waals surface area contributed by atoms with E-state index in [1.165, 1.54) is 38.8 Å². The summed E-state index contributed by atoms with van der Waals surface area (Å²) in [6.45, 7) is 8.73. The molecule has 1 aliphatic rings. The van der Waals surface area contributed by atoms with E-state index < -0.39 is 0 Å². The number of piperidine rings is 1. The maximum absolute atomic E-state index is 5.51. The summed E-state index contributed by atoms with van der Waals surface area (Å²) in [6, 6.07) is 0.752. The Balaban J connectivity index is 1.87. The summed E-state index contributed by atoms with van der Waals surface area (Å²) in [5, 5.41) is 3.65. The van der Waals surface area contributed by atoms with Crippen LogP contribution in [0.4, 0.5) is 0 Å². The van der Waals surface area contributed by atoms with Crippen LogP contribution in [0, 0.1) is 0 Å². The summed E-state index contributed by atoms with van der Waals surface area (Å²) in [6.07, 6.45) is 5.40. The second-order valence-electron chi connectivity index (χ2n) is 5.16. The number of unbranched alkanes of at least 4 members (excludes halogenated alkanes) is 1. The van der Waals surface area contributed by atoms with Gasteiger partial charge in [0, 0.05) is 12.6 Å². The molecular weight excluding hydrogens is 200 g/mol. The fourth-order valence-corrected chi connectivity index (χ4v) is 2.06. The van der Waals surface area contributed by atoms with Crippen LogP contribution in [-0.4, -0.2) is 50.3 Å². The third-order valence-corrected chi connectivity index (χ3v) is 3.17. The quantitative estimate of drug-likeness (QED) is 0.673. The molecule has 0 aromatic rings. The van der Waals surface area contributed by atoms with Crippen molar-refractivity contribution in [3.8, 4) is 0 Å². The van der Waals surface area contributed by atoms with Crippen LogP contribution >= 0.6 is 0 Å². The molecule has 3 heteroatoms. The van der Waals surface area contributed by atoms with Gasteiger partial charge in [-0.25, -0.2) is 0 Å². The van der Waals surface area contributed by atoms with Crippen molar-refractivity contribution < 1.29 is 4.74 Å². The first kappa shape index (κ1) is 13.9. The number of nitrogens with zero attached hydrogens (tertiary/aromatic N) is 1. The summed E-state index contributed by atoms with van der Waals surface area (Å²) in [5.41, 5.74) is 0. The number of rotatable bonds is 7. The third-order valence-electron chi connectivity index (χ3n) is 3.17. The molecule has 1 saturated heterocycles. The number of ether oxygens (including phenoxy) is 1. The van der Waals surface area contributed by atoms with Gasteiger partial charge in [-0.1, -0.05) is 0 Å². The molecule has 0 bridgehead atoms. The minimum Gasteiger partial charge on any atom is -0.379 e. The fourth-order valence-electron chi connectivity index (χ4n) is 2.06. The number of nitrogens with one attached hydrogen (secondary N) is 1. The van der Waals surface area contributed by atoms with Gasteiger partial charge in [0.15, 0.2) is 0 Å². The normalized spacial score (nSPS) is 19.5. The smallest absolute Gasteiger partial charge is 0.0518 e. The summed E-state index contributed by atoms with van der Waals surface area (Å²) in [4.78, 5) is 2.41. The van der Waals surface area contributed by atoms with E-state index in [0.717, 1.165) is 19.2 Å². The molecule has 0 aromatic heterocycles. The molecule has 1 rings (SSSR count). The van der Waals surface area contributed by atoms with Crippen LogP contribution in [0.15, 0.2) is 0 Å². The van der Waals surface area contributed by atoms with Gasteiger partial charge in [0.05, 0.1) is 6.10 Å². The SMILES string of the molecule is CC(C)OCCCCNC1CCN(C)CC1. The molecule has 0 aliphatic carbocycles. The van der Waals surface area contributed by atoms with E-state index in [9.17, 15) is 0 Å². The Bertz CT molecular complexity index is 165. The van der Waals surface area contributed by atoms with Gasteiger partial charge in [0.2, 0.25) is 0 Å². The van der Waals surface area contributed by atoms with Crippen LogP contribution in [0.2, 0.25) is 0 Å². The van der Waals surface area contributed by atoms with Crippen molar-refractivity contribution in [3.05, 3.63) is 0 Å². The molecule has 0 radical (unpaired) electrons. The fraction of sp³-hybridized carbons (Fsp3) is 1.00. The van der Waals surface area contributed by atoms with Gasteiger partial charge >= 0.3 is 0 Å². The van der Waals surface area contributed by atoms with Crippen LogP contribution in [0.25, 0.3) is 0 Å². The van der Waals surface area contributed by atoms with Crippen molar-refractivity contribution in [1.29, 1.82) is 0 Å². The Morgan fingerprint density at radius 3 is 2.56 bits per heavy atom. The lowest BCUT2D eigenvalue weighted by atomic mass is 10.1. The van der Waals surface area contributed by atoms with Gasteiger partial charge in [-0.15, -0.1) is 0 Å². The van der Waals surface area contributed by atoms with Gasteiger partial charge in [-0.05, 0) is 66.2 Å². The molecular formula is C13H28N2O. The van der Waals surface area contributed by atoms with E-state index in [1.54, 1.807) is 0 Å². The third kappa shape index (κ3) is 6.46. The molecule has 96 valence electrons. The molecule has 0 aromatic carbocycles. The molecule has 1 fully saturated rings. The first-order valence-electron chi connectivity index (χ1n) is 6.72. The Labute approximate surface area is 101 Å². The average molecular weight is 228 g/mol. The summed E-state index contributed by atoms with van der Waals surface area (Å²) in [7, 11) is 2.21. The lowest BCUT2D eigenvalue weighted by molar-refractivity contribution is 0.0758. The zero-order valence-corrected chi connectivity index (χ0v) is 11.2. The Morgan fingerprint density at radius 1 is 1.25 bits per heavy atom. The van der Waals surface area contributed by atoms with E-state index in [4.69, 9.17) is 4.74 Å². The van der Waals surface area contributed by atoms with Crippen molar-refractivity contribution in [1.82, 2.24) is 10.2 Å². The van der Waals surface area contributed by atoms with Gasteiger partial charge in [-0.2, -0.15) is 0 Å². The van der Waals surface area contributed by atoms with Gasteiger partial charge in [-0.3, -0.25) is 0 Å². The van der Waals surface area contributed by atoms with E-state index in [-0.39, 0.29) is 0 Å². The number of likely N-dealkylation sites (tertiary alicyclic amines) is 1. The van der Waals surface area contributed by atoms with Crippen molar-refractivity contribution in [3.63, 3.8) is 0 Å². The largest absolute Gasteiger partial charge is 0.379 e. The predicted octanol–water partition coefficient (Wildman–Crippen LogP) is 1.88. The first-order valence-corrected chi connectivity index (χ1v) is 6.72.